The molecule has 0 aromatic carbocycles. The molecule has 1 aromatic rings. The van der Waals surface area contributed by atoms with Crippen LogP contribution in [0.2, 0.25) is 0 Å². The molecule has 1 saturated carbocycles. The van der Waals surface area contributed by atoms with E-state index >= 15 is 0 Å². The second-order valence-corrected chi connectivity index (χ2v) is 4.60. The molecule has 0 saturated heterocycles. The topological polar surface area (TPSA) is 68.0 Å². The lowest BCUT2D eigenvalue weighted by atomic mass is 10.2. The van der Waals surface area contributed by atoms with Crippen LogP contribution in [0.5, 0.6) is 0 Å². The Bertz CT molecular complexity index is 417. The molecule has 1 heterocycles. The number of hydrogen-bond donors (Lipinski definition) is 2. The molecule has 0 radical (unpaired) electrons. The zero-order valence-electron chi connectivity index (χ0n) is 9.66. The monoisotopic (exact) mass is 219 g/mol. The molecule has 1 aromatic heterocycles. The normalized spacial score (nSPS) is 22.9. The fraction of sp³-hybridized carbons (Fsp3) is 0.500. The van der Waals surface area contributed by atoms with Crippen molar-refractivity contribution in [2.45, 2.75) is 20.3 Å². The molecule has 2 unspecified atom stereocenters. The minimum Gasteiger partial charge on any atom is -0.398 e. The first kappa shape index (κ1) is 10.9. The number of nitrogens with two attached hydrogens (primary N) is 1. The predicted molar refractivity (Wildman–Crippen MR) is 63.0 cm³/mol. The highest BCUT2D eigenvalue weighted by Crippen LogP contribution is 2.36. The summed E-state index contributed by atoms with van der Waals surface area (Å²) in [5, 5.41) is 2.89. The standard InChI is InChI=1S/C12H17N3O/c1-7-3-9(7)5-15-12(16)10-6-14-8(2)4-11(10)13/h4,6-7,9H,3,5H2,1-2H3,(H2,13,14)(H,15,16). The first-order valence-corrected chi connectivity index (χ1v) is 5.58. The Morgan fingerprint density at radius 3 is 2.94 bits per heavy atom. The van der Waals surface area contributed by atoms with E-state index in [4.69, 9.17) is 5.73 Å². The number of hydrogen-bond acceptors (Lipinski definition) is 3. The van der Waals surface area contributed by atoms with Crippen LogP contribution in [-0.2, 0) is 0 Å². The number of amides is 1. The molecule has 2 rings (SSSR count). The summed E-state index contributed by atoms with van der Waals surface area (Å²) in [5.74, 6) is 1.27. The lowest BCUT2D eigenvalue weighted by Crippen LogP contribution is -2.26. The molecule has 2 atom stereocenters. The van der Waals surface area contributed by atoms with Gasteiger partial charge in [-0.1, -0.05) is 6.92 Å². The summed E-state index contributed by atoms with van der Waals surface area (Å²) in [6.07, 6.45) is 2.75. The van der Waals surface area contributed by atoms with Gasteiger partial charge in [-0.15, -0.1) is 0 Å². The molecule has 1 amide bonds. The zero-order chi connectivity index (χ0) is 11.7. The van der Waals surface area contributed by atoms with Gasteiger partial charge < -0.3 is 11.1 Å². The van der Waals surface area contributed by atoms with E-state index in [-0.39, 0.29) is 5.91 Å². The summed E-state index contributed by atoms with van der Waals surface area (Å²) in [5.41, 5.74) is 7.56. The maximum Gasteiger partial charge on any atom is 0.254 e. The van der Waals surface area contributed by atoms with Crippen molar-refractivity contribution in [2.75, 3.05) is 12.3 Å². The van der Waals surface area contributed by atoms with Gasteiger partial charge in [-0.3, -0.25) is 9.78 Å². The number of nitrogens with one attached hydrogen (secondary N) is 1. The van der Waals surface area contributed by atoms with Gasteiger partial charge in [0.1, 0.15) is 0 Å². The summed E-state index contributed by atoms with van der Waals surface area (Å²) in [4.78, 5) is 15.9. The van der Waals surface area contributed by atoms with E-state index in [2.05, 4.69) is 17.2 Å². The number of carbonyl (C=O) groups is 1. The largest absolute Gasteiger partial charge is 0.398 e. The average Bonchev–Trinajstić information content (AvgIpc) is 2.91. The van der Waals surface area contributed by atoms with Crippen LogP contribution in [-0.4, -0.2) is 17.4 Å². The number of pyridine rings is 1. The third kappa shape index (κ3) is 2.32. The van der Waals surface area contributed by atoms with E-state index < -0.39 is 0 Å². The quantitative estimate of drug-likeness (QED) is 0.806. The second-order valence-electron chi connectivity index (χ2n) is 4.60. The number of carbonyl (C=O) groups excluding carboxylic acids is 1. The van der Waals surface area contributed by atoms with Gasteiger partial charge in [0.25, 0.3) is 5.91 Å². The van der Waals surface area contributed by atoms with E-state index in [0.29, 0.717) is 17.2 Å². The molecule has 16 heavy (non-hydrogen) atoms. The maximum atomic E-state index is 11.8. The summed E-state index contributed by atoms with van der Waals surface area (Å²) < 4.78 is 0. The van der Waals surface area contributed by atoms with Crippen molar-refractivity contribution in [3.8, 4) is 0 Å². The van der Waals surface area contributed by atoms with Crippen LogP contribution in [0, 0.1) is 18.8 Å². The Hall–Kier alpha value is -1.58. The molecular weight excluding hydrogens is 202 g/mol. The Labute approximate surface area is 95.3 Å². The molecule has 0 bridgehead atoms. The Balaban J connectivity index is 1.97. The summed E-state index contributed by atoms with van der Waals surface area (Å²) in [7, 11) is 0. The lowest BCUT2D eigenvalue weighted by molar-refractivity contribution is 0.0952. The lowest BCUT2D eigenvalue weighted by Gasteiger charge is -2.07. The third-order valence-electron chi connectivity index (χ3n) is 3.12. The second kappa shape index (κ2) is 4.12. The van der Waals surface area contributed by atoms with Crippen LogP contribution in [0.1, 0.15) is 29.4 Å². The SMILES string of the molecule is Cc1cc(N)c(C(=O)NCC2CC2C)cn1. The van der Waals surface area contributed by atoms with Gasteiger partial charge in [0.05, 0.1) is 5.56 Å². The smallest absolute Gasteiger partial charge is 0.254 e. The highest BCUT2D eigenvalue weighted by molar-refractivity contribution is 5.98. The highest BCUT2D eigenvalue weighted by Gasteiger charge is 2.32. The number of anilines is 1. The van der Waals surface area contributed by atoms with Crippen LogP contribution in [0.15, 0.2) is 12.3 Å². The van der Waals surface area contributed by atoms with E-state index in [9.17, 15) is 4.79 Å². The van der Waals surface area contributed by atoms with Gasteiger partial charge in [0.15, 0.2) is 0 Å². The summed E-state index contributed by atoms with van der Waals surface area (Å²) in [6.45, 7) is 4.79. The Morgan fingerprint density at radius 1 is 1.69 bits per heavy atom. The van der Waals surface area contributed by atoms with Crippen LogP contribution >= 0.6 is 0 Å². The average molecular weight is 219 g/mol. The van der Waals surface area contributed by atoms with E-state index in [1.165, 1.54) is 12.6 Å². The van der Waals surface area contributed by atoms with Gasteiger partial charge >= 0.3 is 0 Å². The Kier molecular flexibility index (Phi) is 2.81. The van der Waals surface area contributed by atoms with Crippen LogP contribution in [0.3, 0.4) is 0 Å². The first-order chi connectivity index (χ1) is 7.58. The number of rotatable bonds is 3. The highest BCUT2D eigenvalue weighted by atomic mass is 16.1. The van der Waals surface area contributed by atoms with Crippen molar-refractivity contribution in [3.05, 3.63) is 23.5 Å². The number of nitrogen functional groups attached to an aromatic ring is 1. The van der Waals surface area contributed by atoms with Gasteiger partial charge in [0, 0.05) is 24.1 Å². The van der Waals surface area contributed by atoms with E-state index in [1.807, 2.05) is 6.92 Å². The van der Waals surface area contributed by atoms with Crippen molar-refractivity contribution >= 4 is 11.6 Å². The van der Waals surface area contributed by atoms with Gasteiger partial charge in [-0.25, -0.2) is 0 Å². The minimum atomic E-state index is -0.121. The van der Waals surface area contributed by atoms with Crippen molar-refractivity contribution < 1.29 is 4.79 Å². The fourth-order valence-electron chi connectivity index (χ4n) is 1.77. The Morgan fingerprint density at radius 2 is 2.38 bits per heavy atom. The summed E-state index contributed by atoms with van der Waals surface area (Å²) >= 11 is 0. The molecule has 4 heteroatoms. The van der Waals surface area contributed by atoms with Crippen molar-refractivity contribution in [1.82, 2.24) is 10.3 Å². The predicted octanol–water partition coefficient (Wildman–Crippen LogP) is 1.36. The minimum absolute atomic E-state index is 0.121. The van der Waals surface area contributed by atoms with Crippen molar-refractivity contribution in [2.24, 2.45) is 11.8 Å². The molecule has 86 valence electrons. The number of nitrogens with zero attached hydrogens (tertiary/aromatic N) is 1. The molecule has 4 nitrogen and oxygen atoms in total. The van der Waals surface area contributed by atoms with Crippen molar-refractivity contribution in [3.63, 3.8) is 0 Å². The van der Waals surface area contributed by atoms with Gasteiger partial charge in [-0.05, 0) is 31.2 Å². The first-order valence-electron chi connectivity index (χ1n) is 5.58. The molecule has 1 aliphatic rings. The molecule has 0 spiro atoms. The van der Waals surface area contributed by atoms with Crippen LogP contribution < -0.4 is 11.1 Å². The van der Waals surface area contributed by atoms with Crippen LogP contribution in [0.4, 0.5) is 5.69 Å². The fourth-order valence-corrected chi connectivity index (χ4v) is 1.77. The maximum absolute atomic E-state index is 11.8. The zero-order valence-corrected chi connectivity index (χ0v) is 9.66. The van der Waals surface area contributed by atoms with E-state index in [0.717, 1.165) is 18.2 Å². The van der Waals surface area contributed by atoms with E-state index in [1.54, 1.807) is 6.07 Å². The molecule has 3 N–H and O–H groups in total. The molecular formula is C12H17N3O. The molecule has 1 aliphatic carbocycles. The van der Waals surface area contributed by atoms with Crippen molar-refractivity contribution in [1.29, 1.82) is 0 Å². The van der Waals surface area contributed by atoms with Gasteiger partial charge in [-0.2, -0.15) is 0 Å². The van der Waals surface area contributed by atoms with Crippen LogP contribution in [0.25, 0.3) is 0 Å². The number of aryl methyl sites for hydroxylation is 1. The third-order valence-corrected chi connectivity index (χ3v) is 3.12. The molecule has 1 fully saturated rings. The number of aromatic nitrogens is 1. The van der Waals surface area contributed by atoms with Gasteiger partial charge in [0.2, 0.25) is 0 Å². The summed E-state index contributed by atoms with van der Waals surface area (Å²) in [6, 6.07) is 1.72. The molecule has 0 aliphatic heterocycles.